The average molecular weight is 142 g/mol. The van der Waals surface area contributed by atoms with Crippen molar-refractivity contribution in [2.75, 3.05) is 11.5 Å². The molecule has 9 heavy (non-hydrogen) atoms. The smallest absolute Gasteiger partial charge is 0.0373 e. The molecule has 0 N–H and O–H groups in total. The van der Waals surface area contributed by atoms with Gasteiger partial charge >= 0.3 is 0 Å². The molecule has 50 valence electrons. The van der Waals surface area contributed by atoms with Crippen molar-refractivity contribution in [3.05, 3.63) is 0 Å². The molecule has 0 bridgehead atoms. The Kier molecular flexibility index (Phi) is 2.29. The summed E-state index contributed by atoms with van der Waals surface area (Å²) in [5.74, 6) is 7.97. The molecule has 0 amide bonds. The zero-order valence-electron chi connectivity index (χ0n) is 5.52. The molecule has 1 fully saturated rings. The molecule has 2 atom stereocenters. The third-order valence-electron chi connectivity index (χ3n) is 1.43. The van der Waals surface area contributed by atoms with Gasteiger partial charge in [0.25, 0.3) is 0 Å². The number of hydrogen-bond acceptors (Lipinski definition) is 1. The van der Waals surface area contributed by atoms with Gasteiger partial charge in [-0.25, -0.2) is 0 Å². The maximum atomic E-state index is 10.8. The molecule has 1 heterocycles. The molecule has 1 aliphatic heterocycles. The Morgan fingerprint density at radius 1 is 1.67 bits per heavy atom. The van der Waals surface area contributed by atoms with Crippen molar-refractivity contribution in [3.63, 3.8) is 0 Å². The highest BCUT2D eigenvalue weighted by Crippen LogP contribution is 2.13. The fraction of sp³-hybridized carbons (Fsp3) is 0.714. The highest BCUT2D eigenvalue weighted by Gasteiger charge is 2.18. The van der Waals surface area contributed by atoms with E-state index in [0.717, 1.165) is 17.9 Å². The van der Waals surface area contributed by atoms with Gasteiger partial charge < -0.3 is 0 Å². The fourth-order valence-electron chi connectivity index (χ4n) is 0.983. The summed E-state index contributed by atoms with van der Waals surface area (Å²) in [6, 6.07) is 0. The number of rotatable bonds is 0. The average Bonchev–Trinajstić information content (AvgIpc) is 2.17. The van der Waals surface area contributed by atoms with E-state index >= 15 is 0 Å². The summed E-state index contributed by atoms with van der Waals surface area (Å²) >= 11 is 0. The minimum atomic E-state index is -0.557. The second-order valence-electron chi connectivity index (χ2n) is 2.19. The Hall–Kier alpha value is -0.290. The summed E-state index contributed by atoms with van der Waals surface area (Å²) in [6.45, 7) is 1.83. The fourth-order valence-corrected chi connectivity index (χ4v) is 2.40. The van der Waals surface area contributed by atoms with E-state index in [2.05, 4.69) is 11.8 Å². The van der Waals surface area contributed by atoms with E-state index in [1.165, 1.54) is 0 Å². The molecule has 0 saturated carbocycles. The molecule has 0 radical (unpaired) electrons. The summed E-state index contributed by atoms with van der Waals surface area (Å²) in [4.78, 5) is 0. The van der Waals surface area contributed by atoms with Crippen molar-refractivity contribution in [3.8, 4) is 11.8 Å². The Balaban J connectivity index is 2.45. The van der Waals surface area contributed by atoms with Crippen LogP contribution in [0.1, 0.15) is 13.3 Å². The van der Waals surface area contributed by atoms with E-state index in [9.17, 15) is 4.21 Å². The van der Waals surface area contributed by atoms with E-state index in [4.69, 9.17) is 0 Å². The normalized spacial score (nSPS) is 33.4. The van der Waals surface area contributed by atoms with Gasteiger partial charge in [-0.3, -0.25) is 4.21 Å². The van der Waals surface area contributed by atoms with E-state index in [-0.39, 0.29) is 0 Å². The number of hydrogen-bond donors (Lipinski definition) is 0. The monoisotopic (exact) mass is 142 g/mol. The van der Waals surface area contributed by atoms with Crippen molar-refractivity contribution >= 4 is 10.8 Å². The lowest BCUT2D eigenvalue weighted by atomic mass is 10.1. The molecule has 0 spiro atoms. The lowest BCUT2D eigenvalue weighted by Crippen LogP contribution is -1.95. The van der Waals surface area contributed by atoms with Crippen LogP contribution in [-0.4, -0.2) is 15.7 Å². The zero-order valence-corrected chi connectivity index (χ0v) is 6.33. The minimum Gasteiger partial charge on any atom is -0.260 e. The van der Waals surface area contributed by atoms with Crippen molar-refractivity contribution in [1.29, 1.82) is 0 Å². The first kappa shape index (κ1) is 6.82. The molecule has 1 nitrogen and oxygen atoms in total. The van der Waals surface area contributed by atoms with Crippen LogP contribution in [0, 0.1) is 17.8 Å². The van der Waals surface area contributed by atoms with Crippen molar-refractivity contribution < 1.29 is 4.21 Å². The third-order valence-corrected chi connectivity index (χ3v) is 2.89. The molecule has 0 aromatic carbocycles. The van der Waals surface area contributed by atoms with E-state index in [1.54, 1.807) is 0 Å². The van der Waals surface area contributed by atoms with Crippen LogP contribution in [0.3, 0.4) is 0 Å². The molecule has 2 heteroatoms. The predicted molar refractivity (Wildman–Crippen MR) is 39.4 cm³/mol. The SMILES string of the molecule is CC#CC1CCS(=O)C1. The van der Waals surface area contributed by atoms with Gasteiger partial charge in [-0.15, -0.1) is 5.92 Å². The van der Waals surface area contributed by atoms with E-state index in [1.807, 2.05) is 6.92 Å². The lowest BCUT2D eigenvalue weighted by molar-refractivity contribution is 0.686. The molecule has 1 saturated heterocycles. The summed E-state index contributed by atoms with van der Waals surface area (Å²) in [6.07, 6.45) is 1.04. The third kappa shape index (κ3) is 1.83. The molecular weight excluding hydrogens is 132 g/mol. The molecule has 1 rings (SSSR count). The van der Waals surface area contributed by atoms with Crippen LogP contribution in [-0.2, 0) is 10.8 Å². The summed E-state index contributed by atoms with van der Waals surface area (Å²) in [5, 5.41) is 0. The first-order valence-corrected chi connectivity index (χ1v) is 4.59. The zero-order chi connectivity index (χ0) is 6.69. The standard InChI is InChI=1S/C7H10OS/c1-2-3-7-4-5-9(8)6-7/h7H,4-6H2,1H3. The Bertz CT molecular complexity index is 175. The van der Waals surface area contributed by atoms with Crippen LogP contribution in [0.15, 0.2) is 0 Å². The summed E-state index contributed by atoms with van der Waals surface area (Å²) in [5.41, 5.74) is 0. The van der Waals surface area contributed by atoms with Crippen LogP contribution >= 0.6 is 0 Å². The topological polar surface area (TPSA) is 17.1 Å². The van der Waals surface area contributed by atoms with Gasteiger partial charge in [0.1, 0.15) is 0 Å². The second-order valence-corrected chi connectivity index (χ2v) is 3.81. The summed E-state index contributed by atoms with van der Waals surface area (Å²) < 4.78 is 10.8. The van der Waals surface area contributed by atoms with Gasteiger partial charge in [0.15, 0.2) is 0 Å². The molecule has 1 aliphatic rings. The van der Waals surface area contributed by atoms with E-state index in [0.29, 0.717) is 5.92 Å². The van der Waals surface area contributed by atoms with Gasteiger partial charge in [0.05, 0.1) is 0 Å². The Morgan fingerprint density at radius 3 is 2.89 bits per heavy atom. The van der Waals surface area contributed by atoms with Crippen LogP contribution in [0.4, 0.5) is 0 Å². The minimum absolute atomic E-state index is 0.427. The maximum Gasteiger partial charge on any atom is 0.0373 e. The van der Waals surface area contributed by atoms with Crippen molar-refractivity contribution in [1.82, 2.24) is 0 Å². The van der Waals surface area contributed by atoms with Gasteiger partial charge in [0, 0.05) is 28.2 Å². The first-order valence-electron chi connectivity index (χ1n) is 3.10. The van der Waals surface area contributed by atoms with Crippen LogP contribution in [0.2, 0.25) is 0 Å². The summed E-state index contributed by atoms with van der Waals surface area (Å²) in [7, 11) is -0.557. The van der Waals surface area contributed by atoms with Gasteiger partial charge in [-0.2, -0.15) is 0 Å². The van der Waals surface area contributed by atoms with E-state index < -0.39 is 10.8 Å². The molecule has 2 unspecified atom stereocenters. The highest BCUT2D eigenvalue weighted by molar-refractivity contribution is 7.85. The Morgan fingerprint density at radius 2 is 2.44 bits per heavy atom. The predicted octanol–water partition coefficient (Wildman–Crippen LogP) is 0.778. The van der Waals surface area contributed by atoms with Gasteiger partial charge in [0.2, 0.25) is 0 Å². The van der Waals surface area contributed by atoms with Crippen molar-refractivity contribution in [2.45, 2.75) is 13.3 Å². The molecule has 0 aliphatic carbocycles. The largest absolute Gasteiger partial charge is 0.260 e. The lowest BCUT2D eigenvalue weighted by Gasteiger charge is -1.91. The molecule has 0 aromatic heterocycles. The van der Waals surface area contributed by atoms with Gasteiger partial charge in [-0.05, 0) is 13.3 Å². The highest BCUT2D eigenvalue weighted by atomic mass is 32.2. The maximum absolute atomic E-state index is 10.8. The first-order chi connectivity index (χ1) is 4.33. The van der Waals surface area contributed by atoms with Gasteiger partial charge in [-0.1, -0.05) is 5.92 Å². The van der Waals surface area contributed by atoms with Crippen LogP contribution in [0.25, 0.3) is 0 Å². The van der Waals surface area contributed by atoms with Crippen LogP contribution in [0.5, 0.6) is 0 Å². The van der Waals surface area contributed by atoms with Crippen LogP contribution < -0.4 is 0 Å². The molecular formula is C7H10OS. The molecule has 0 aromatic rings. The van der Waals surface area contributed by atoms with Crippen molar-refractivity contribution in [2.24, 2.45) is 5.92 Å². The Labute approximate surface area is 58.3 Å². The second kappa shape index (κ2) is 3.03. The quantitative estimate of drug-likeness (QED) is 0.457.